The van der Waals surface area contributed by atoms with E-state index in [4.69, 9.17) is 11.6 Å². The fourth-order valence-electron chi connectivity index (χ4n) is 2.48. The summed E-state index contributed by atoms with van der Waals surface area (Å²) in [7, 11) is 0. The van der Waals surface area contributed by atoms with Crippen molar-refractivity contribution in [2.45, 2.75) is 13.5 Å². The molecule has 4 rings (SSSR count). The third-order valence-corrected chi connectivity index (χ3v) is 5.33. The van der Waals surface area contributed by atoms with Crippen LogP contribution >= 0.6 is 22.9 Å². The maximum Gasteiger partial charge on any atom is 0.238 e. The molecular formula is C17H13ClFN5S. The molecule has 25 heavy (non-hydrogen) atoms. The summed E-state index contributed by atoms with van der Waals surface area (Å²) in [6.45, 7) is 2.45. The molecule has 0 atom stereocenters. The number of nitrogens with zero attached hydrogens (tertiary/aromatic N) is 4. The summed E-state index contributed by atoms with van der Waals surface area (Å²) < 4.78 is 14.8. The standard InChI is InChI=1S/C17H13ClFN5S/c1-10-14(18)13-15(21-8-11-2-4-12(19)5-3-11)22-17(23-16(13)25-10)24-7-6-20-9-24/h2-7,9H,8H2,1H3,(H,21,22,23). The first-order valence-corrected chi connectivity index (χ1v) is 8.74. The molecule has 0 fully saturated rings. The van der Waals surface area contributed by atoms with Crippen LogP contribution in [0.15, 0.2) is 43.0 Å². The summed E-state index contributed by atoms with van der Waals surface area (Å²) in [6.07, 6.45) is 5.10. The molecule has 126 valence electrons. The molecule has 1 N–H and O–H groups in total. The summed E-state index contributed by atoms with van der Waals surface area (Å²) in [5, 5.41) is 4.75. The maximum atomic E-state index is 13.1. The van der Waals surface area contributed by atoms with Gasteiger partial charge in [-0.15, -0.1) is 11.3 Å². The summed E-state index contributed by atoms with van der Waals surface area (Å²) in [5.41, 5.74) is 0.945. The highest BCUT2D eigenvalue weighted by Crippen LogP contribution is 2.37. The fourth-order valence-corrected chi connectivity index (χ4v) is 3.74. The lowest BCUT2D eigenvalue weighted by atomic mass is 10.2. The number of fused-ring (bicyclic) bond motifs is 1. The Hall–Kier alpha value is -2.51. The fraction of sp³-hybridized carbons (Fsp3) is 0.118. The second-order valence-electron chi connectivity index (χ2n) is 5.47. The zero-order chi connectivity index (χ0) is 17.4. The Kier molecular flexibility index (Phi) is 4.10. The molecule has 0 saturated heterocycles. The lowest BCUT2D eigenvalue weighted by Crippen LogP contribution is -2.06. The Balaban J connectivity index is 1.76. The van der Waals surface area contributed by atoms with E-state index in [0.717, 1.165) is 20.7 Å². The summed E-state index contributed by atoms with van der Waals surface area (Å²) in [4.78, 5) is 15.0. The van der Waals surface area contributed by atoms with Gasteiger partial charge in [-0.2, -0.15) is 4.98 Å². The minimum atomic E-state index is -0.257. The smallest absolute Gasteiger partial charge is 0.238 e. The zero-order valence-electron chi connectivity index (χ0n) is 13.2. The van der Waals surface area contributed by atoms with Crippen molar-refractivity contribution < 1.29 is 4.39 Å². The van der Waals surface area contributed by atoms with Crippen molar-refractivity contribution in [3.8, 4) is 5.95 Å². The highest BCUT2D eigenvalue weighted by Gasteiger charge is 2.16. The Morgan fingerprint density at radius 2 is 2.04 bits per heavy atom. The molecule has 0 amide bonds. The average Bonchev–Trinajstić information content (AvgIpc) is 3.23. The number of rotatable bonds is 4. The van der Waals surface area contributed by atoms with Gasteiger partial charge in [-0.3, -0.25) is 4.57 Å². The van der Waals surface area contributed by atoms with Crippen LogP contribution in [0, 0.1) is 12.7 Å². The number of anilines is 1. The quantitative estimate of drug-likeness (QED) is 0.568. The van der Waals surface area contributed by atoms with Gasteiger partial charge in [0.15, 0.2) is 0 Å². The molecule has 0 aliphatic rings. The van der Waals surface area contributed by atoms with Gasteiger partial charge in [-0.05, 0) is 24.6 Å². The minimum absolute atomic E-state index is 0.257. The Bertz CT molecular complexity index is 1030. The van der Waals surface area contributed by atoms with Gasteiger partial charge in [0.25, 0.3) is 0 Å². The van der Waals surface area contributed by atoms with Crippen LogP contribution in [-0.2, 0) is 6.54 Å². The van der Waals surface area contributed by atoms with Gasteiger partial charge in [0.1, 0.15) is 22.8 Å². The van der Waals surface area contributed by atoms with Crippen molar-refractivity contribution >= 4 is 39.0 Å². The number of nitrogens with one attached hydrogen (secondary N) is 1. The Morgan fingerprint density at radius 3 is 2.76 bits per heavy atom. The van der Waals surface area contributed by atoms with Crippen LogP contribution in [0.25, 0.3) is 16.2 Å². The number of aryl methyl sites for hydroxylation is 1. The van der Waals surface area contributed by atoms with Gasteiger partial charge in [0.2, 0.25) is 5.95 Å². The van der Waals surface area contributed by atoms with E-state index in [1.807, 2.05) is 6.92 Å². The number of aromatic nitrogens is 4. The SMILES string of the molecule is Cc1sc2nc(-n3ccnc3)nc(NCc3ccc(F)cc3)c2c1Cl. The van der Waals surface area contributed by atoms with Crippen LogP contribution in [0.5, 0.6) is 0 Å². The highest BCUT2D eigenvalue weighted by molar-refractivity contribution is 7.19. The molecule has 8 heteroatoms. The maximum absolute atomic E-state index is 13.1. The zero-order valence-corrected chi connectivity index (χ0v) is 14.8. The molecule has 0 spiro atoms. The second kappa shape index (κ2) is 6.42. The van der Waals surface area contributed by atoms with Crippen molar-refractivity contribution in [3.63, 3.8) is 0 Å². The van der Waals surface area contributed by atoms with Crippen LogP contribution in [0.3, 0.4) is 0 Å². The third-order valence-electron chi connectivity index (χ3n) is 3.75. The van der Waals surface area contributed by atoms with Crippen LogP contribution in [-0.4, -0.2) is 19.5 Å². The van der Waals surface area contributed by atoms with E-state index in [9.17, 15) is 4.39 Å². The lowest BCUT2D eigenvalue weighted by Gasteiger charge is -2.10. The van der Waals surface area contributed by atoms with E-state index in [1.54, 1.807) is 35.4 Å². The number of imidazole rings is 1. The van der Waals surface area contributed by atoms with Crippen LogP contribution in [0.2, 0.25) is 5.02 Å². The largest absolute Gasteiger partial charge is 0.365 e. The van der Waals surface area contributed by atoms with E-state index in [2.05, 4.69) is 20.3 Å². The normalized spacial score (nSPS) is 11.2. The molecule has 1 aromatic carbocycles. The van der Waals surface area contributed by atoms with Gasteiger partial charge in [0, 0.05) is 23.8 Å². The van der Waals surface area contributed by atoms with Gasteiger partial charge in [-0.1, -0.05) is 23.7 Å². The average molecular weight is 374 g/mol. The minimum Gasteiger partial charge on any atom is -0.365 e. The first kappa shape index (κ1) is 16.0. The first-order chi connectivity index (χ1) is 12.1. The van der Waals surface area contributed by atoms with Crippen LogP contribution in [0.4, 0.5) is 10.2 Å². The number of benzene rings is 1. The molecule has 0 aliphatic carbocycles. The van der Waals surface area contributed by atoms with Gasteiger partial charge in [-0.25, -0.2) is 14.4 Å². The molecule has 0 bridgehead atoms. The van der Waals surface area contributed by atoms with E-state index >= 15 is 0 Å². The van der Waals surface area contributed by atoms with Gasteiger partial charge >= 0.3 is 0 Å². The highest BCUT2D eigenvalue weighted by atomic mass is 35.5. The summed E-state index contributed by atoms with van der Waals surface area (Å²) in [6, 6.07) is 6.34. The van der Waals surface area contributed by atoms with E-state index in [1.165, 1.54) is 23.5 Å². The Morgan fingerprint density at radius 1 is 1.24 bits per heavy atom. The summed E-state index contributed by atoms with van der Waals surface area (Å²) in [5.74, 6) is 0.906. The van der Waals surface area contributed by atoms with Crippen LogP contribution in [0.1, 0.15) is 10.4 Å². The lowest BCUT2D eigenvalue weighted by molar-refractivity contribution is 0.627. The van der Waals surface area contributed by atoms with Crippen molar-refractivity contribution in [1.82, 2.24) is 19.5 Å². The molecule has 4 aromatic rings. The predicted molar refractivity (Wildman–Crippen MR) is 98.0 cm³/mol. The molecule has 0 unspecified atom stereocenters. The molecule has 5 nitrogen and oxygen atoms in total. The van der Waals surface area contributed by atoms with E-state index in [0.29, 0.717) is 23.3 Å². The molecule has 0 aliphatic heterocycles. The van der Waals surface area contributed by atoms with Gasteiger partial charge in [0.05, 0.1) is 10.4 Å². The predicted octanol–water partition coefficient (Wildman–Crippen LogP) is 4.59. The molecule has 0 radical (unpaired) electrons. The topological polar surface area (TPSA) is 55.6 Å². The summed E-state index contributed by atoms with van der Waals surface area (Å²) >= 11 is 7.97. The van der Waals surface area contributed by atoms with Crippen molar-refractivity contribution in [1.29, 1.82) is 0 Å². The molecule has 3 heterocycles. The first-order valence-electron chi connectivity index (χ1n) is 7.55. The van der Waals surface area contributed by atoms with E-state index < -0.39 is 0 Å². The van der Waals surface area contributed by atoms with Crippen molar-refractivity contribution in [2.75, 3.05) is 5.32 Å². The van der Waals surface area contributed by atoms with Crippen molar-refractivity contribution in [2.24, 2.45) is 0 Å². The van der Waals surface area contributed by atoms with E-state index in [-0.39, 0.29) is 5.82 Å². The third kappa shape index (κ3) is 3.08. The number of hydrogen-bond donors (Lipinski definition) is 1. The Labute approximate surface area is 152 Å². The second-order valence-corrected chi connectivity index (χ2v) is 7.06. The monoisotopic (exact) mass is 373 g/mol. The number of halogens is 2. The van der Waals surface area contributed by atoms with Crippen molar-refractivity contribution in [3.05, 3.63) is 64.3 Å². The van der Waals surface area contributed by atoms with Gasteiger partial charge < -0.3 is 5.32 Å². The number of thiophene rings is 1. The molecular weight excluding hydrogens is 361 g/mol. The number of hydrogen-bond acceptors (Lipinski definition) is 5. The van der Waals surface area contributed by atoms with Crippen LogP contribution < -0.4 is 5.32 Å². The molecule has 3 aromatic heterocycles. The molecule has 0 saturated carbocycles.